The number of carbonyl (C=O) groups is 1. The van der Waals surface area contributed by atoms with Crippen LogP contribution in [-0.4, -0.2) is 53.8 Å². The quantitative estimate of drug-likeness (QED) is 0.570. The van der Waals surface area contributed by atoms with Crippen LogP contribution in [0.5, 0.6) is 0 Å². The molecule has 0 aromatic heterocycles. The first-order valence-corrected chi connectivity index (χ1v) is 13.3. The molecule has 3 aromatic carbocycles. The lowest BCUT2D eigenvalue weighted by Gasteiger charge is -2.43. The zero-order chi connectivity index (χ0) is 22.3. The third-order valence-electron chi connectivity index (χ3n) is 6.66. The maximum atomic E-state index is 13.4. The van der Waals surface area contributed by atoms with Crippen molar-refractivity contribution in [3.63, 3.8) is 0 Å². The van der Waals surface area contributed by atoms with Gasteiger partial charge in [0.05, 0.1) is 9.77 Å². The normalized spacial score (nSPS) is 19.0. The largest absolute Gasteiger partial charge is 0.323 e. The summed E-state index contributed by atoms with van der Waals surface area (Å²) in [4.78, 5) is 15.3. The number of amides is 1. The van der Waals surface area contributed by atoms with E-state index in [1.165, 1.54) is 0 Å². The van der Waals surface area contributed by atoms with Crippen LogP contribution in [0.1, 0.15) is 28.8 Å². The van der Waals surface area contributed by atoms with Gasteiger partial charge in [0.2, 0.25) is 10.0 Å². The second-order valence-corrected chi connectivity index (χ2v) is 11.9. The van der Waals surface area contributed by atoms with Crippen molar-refractivity contribution < 1.29 is 13.2 Å². The number of sulfonamides is 1. The maximum Gasteiger partial charge on any atom is 0.255 e. The molecule has 0 aliphatic carbocycles. The standard InChI is InChI=1S/C25H26N2O3S2/c1-19-6-2-5-9-23(19)24(28)27-16-17-31-25(27)12-14-26(15-13-25)32(29,30)22-11-10-20-7-3-4-8-21(20)18-22/h2-11,18H,12-17H2,1H3. The van der Waals surface area contributed by atoms with Gasteiger partial charge in [0.1, 0.15) is 0 Å². The van der Waals surface area contributed by atoms with Crippen LogP contribution in [0.4, 0.5) is 0 Å². The van der Waals surface area contributed by atoms with Crippen molar-refractivity contribution in [1.82, 2.24) is 9.21 Å². The number of benzene rings is 3. The molecule has 2 saturated heterocycles. The van der Waals surface area contributed by atoms with Crippen molar-refractivity contribution in [1.29, 1.82) is 0 Å². The Bertz CT molecular complexity index is 1280. The van der Waals surface area contributed by atoms with Gasteiger partial charge < -0.3 is 4.90 Å². The Morgan fingerprint density at radius 2 is 1.59 bits per heavy atom. The second kappa shape index (κ2) is 8.21. The highest BCUT2D eigenvalue weighted by Gasteiger charge is 2.48. The zero-order valence-electron chi connectivity index (χ0n) is 18.0. The summed E-state index contributed by atoms with van der Waals surface area (Å²) in [5.41, 5.74) is 1.71. The van der Waals surface area contributed by atoms with E-state index in [9.17, 15) is 13.2 Å². The summed E-state index contributed by atoms with van der Waals surface area (Å²) in [6, 6.07) is 20.8. The monoisotopic (exact) mass is 466 g/mol. The summed E-state index contributed by atoms with van der Waals surface area (Å²) >= 11 is 1.80. The number of rotatable bonds is 3. The molecule has 2 aliphatic heterocycles. The minimum absolute atomic E-state index is 0.0546. The zero-order valence-corrected chi connectivity index (χ0v) is 19.7. The van der Waals surface area contributed by atoms with Crippen molar-refractivity contribution in [3.05, 3.63) is 77.9 Å². The second-order valence-electron chi connectivity index (χ2n) is 8.48. The molecular weight excluding hydrogens is 440 g/mol. The van der Waals surface area contributed by atoms with Crippen molar-refractivity contribution in [2.45, 2.75) is 29.5 Å². The smallest absolute Gasteiger partial charge is 0.255 e. The molecule has 2 fully saturated rings. The Morgan fingerprint density at radius 1 is 0.906 bits per heavy atom. The van der Waals surface area contributed by atoms with Crippen LogP contribution >= 0.6 is 11.8 Å². The van der Waals surface area contributed by atoms with E-state index in [2.05, 4.69) is 0 Å². The first-order valence-electron chi connectivity index (χ1n) is 10.9. The van der Waals surface area contributed by atoms with Gasteiger partial charge in [-0.2, -0.15) is 4.31 Å². The fourth-order valence-electron chi connectivity index (χ4n) is 4.82. The van der Waals surface area contributed by atoms with Gasteiger partial charge >= 0.3 is 0 Å². The molecule has 2 aliphatic rings. The van der Waals surface area contributed by atoms with E-state index >= 15 is 0 Å². The number of aryl methyl sites for hydroxylation is 1. The van der Waals surface area contributed by atoms with Gasteiger partial charge in [-0.1, -0.05) is 48.5 Å². The van der Waals surface area contributed by atoms with E-state index < -0.39 is 10.0 Å². The van der Waals surface area contributed by atoms with Gasteiger partial charge in [-0.05, 0) is 54.3 Å². The lowest BCUT2D eigenvalue weighted by molar-refractivity contribution is 0.0604. The van der Waals surface area contributed by atoms with E-state index in [0.717, 1.165) is 27.7 Å². The van der Waals surface area contributed by atoms with Gasteiger partial charge in [-0.25, -0.2) is 8.42 Å². The Labute approximate surface area is 193 Å². The summed E-state index contributed by atoms with van der Waals surface area (Å²) in [6.07, 6.45) is 1.28. The molecule has 5 rings (SSSR count). The van der Waals surface area contributed by atoms with E-state index in [-0.39, 0.29) is 10.8 Å². The number of carbonyl (C=O) groups excluding carboxylic acids is 1. The molecule has 0 radical (unpaired) electrons. The average molecular weight is 467 g/mol. The molecule has 1 spiro atoms. The topological polar surface area (TPSA) is 57.7 Å². The molecular formula is C25H26N2O3S2. The van der Waals surface area contributed by atoms with Crippen LogP contribution in [0.2, 0.25) is 0 Å². The first-order chi connectivity index (χ1) is 15.4. The summed E-state index contributed by atoms with van der Waals surface area (Å²) in [5.74, 6) is 0.939. The number of nitrogens with zero attached hydrogens (tertiary/aromatic N) is 2. The van der Waals surface area contributed by atoms with Crippen molar-refractivity contribution >= 4 is 38.5 Å². The molecule has 1 amide bonds. The summed E-state index contributed by atoms with van der Waals surface area (Å²) in [7, 11) is -3.58. The van der Waals surface area contributed by atoms with Crippen molar-refractivity contribution in [2.75, 3.05) is 25.4 Å². The maximum absolute atomic E-state index is 13.4. The molecule has 0 bridgehead atoms. The lowest BCUT2D eigenvalue weighted by Crippen LogP contribution is -2.53. The van der Waals surface area contributed by atoms with E-state index in [4.69, 9.17) is 0 Å². The number of hydrogen-bond donors (Lipinski definition) is 0. The van der Waals surface area contributed by atoms with E-state index in [0.29, 0.717) is 37.4 Å². The molecule has 7 heteroatoms. The fourth-order valence-corrected chi connectivity index (χ4v) is 7.75. The lowest BCUT2D eigenvalue weighted by atomic mass is 10.0. The molecule has 0 N–H and O–H groups in total. The highest BCUT2D eigenvalue weighted by atomic mass is 32.2. The van der Waals surface area contributed by atoms with Gasteiger partial charge in [0.25, 0.3) is 5.91 Å². The third kappa shape index (κ3) is 3.62. The Kier molecular flexibility index (Phi) is 5.51. The van der Waals surface area contributed by atoms with Crippen LogP contribution in [0.3, 0.4) is 0 Å². The number of fused-ring (bicyclic) bond motifs is 1. The van der Waals surface area contributed by atoms with E-state index in [1.54, 1.807) is 28.2 Å². The van der Waals surface area contributed by atoms with Crippen LogP contribution < -0.4 is 0 Å². The third-order valence-corrected chi connectivity index (χ3v) is 10.1. The molecule has 5 nitrogen and oxygen atoms in total. The fraction of sp³-hybridized carbons (Fsp3) is 0.320. The Hall–Kier alpha value is -2.35. The van der Waals surface area contributed by atoms with Crippen LogP contribution in [0, 0.1) is 6.92 Å². The summed E-state index contributed by atoms with van der Waals surface area (Å²) in [6.45, 7) is 3.50. The highest BCUT2D eigenvalue weighted by molar-refractivity contribution is 8.00. The minimum atomic E-state index is -3.58. The molecule has 166 valence electrons. The Balaban J connectivity index is 1.36. The van der Waals surface area contributed by atoms with Crippen LogP contribution in [0.25, 0.3) is 10.8 Å². The molecule has 3 aromatic rings. The van der Waals surface area contributed by atoms with E-state index in [1.807, 2.05) is 66.4 Å². The van der Waals surface area contributed by atoms with Gasteiger partial charge in [-0.15, -0.1) is 11.8 Å². The van der Waals surface area contributed by atoms with Crippen molar-refractivity contribution in [2.24, 2.45) is 0 Å². The highest BCUT2D eigenvalue weighted by Crippen LogP contribution is 2.45. The molecule has 0 saturated carbocycles. The molecule has 32 heavy (non-hydrogen) atoms. The van der Waals surface area contributed by atoms with Gasteiger partial charge in [0.15, 0.2) is 0 Å². The van der Waals surface area contributed by atoms with Gasteiger partial charge in [-0.3, -0.25) is 4.79 Å². The summed E-state index contributed by atoms with van der Waals surface area (Å²) < 4.78 is 28.3. The average Bonchev–Trinajstić information content (AvgIpc) is 3.21. The number of hydrogen-bond acceptors (Lipinski definition) is 4. The van der Waals surface area contributed by atoms with Crippen LogP contribution in [0.15, 0.2) is 71.6 Å². The van der Waals surface area contributed by atoms with Crippen molar-refractivity contribution in [3.8, 4) is 0 Å². The molecule has 2 heterocycles. The predicted molar refractivity (Wildman–Crippen MR) is 129 cm³/mol. The predicted octanol–water partition coefficient (Wildman–Crippen LogP) is 4.52. The molecule has 0 unspecified atom stereocenters. The Morgan fingerprint density at radius 3 is 2.34 bits per heavy atom. The number of thioether (sulfide) groups is 1. The minimum Gasteiger partial charge on any atom is -0.323 e. The molecule has 0 atom stereocenters. The SMILES string of the molecule is Cc1ccccc1C(=O)N1CCSC12CCN(S(=O)(=O)c1ccc3ccccc3c1)CC2. The first kappa shape index (κ1) is 21.5. The van der Waals surface area contributed by atoms with Crippen LogP contribution in [-0.2, 0) is 10.0 Å². The summed E-state index contributed by atoms with van der Waals surface area (Å²) in [5, 5.41) is 1.94. The van der Waals surface area contributed by atoms with Gasteiger partial charge in [0, 0.05) is 31.0 Å². The number of piperidine rings is 1.